The smallest absolute Gasteiger partial charge is 0.395 e. The van der Waals surface area contributed by atoms with Crippen LogP contribution < -0.4 is 20.5 Å². The molecule has 2 aliphatic rings. The number of hydrogen-bond donors (Lipinski definition) is 3. The van der Waals surface area contributed by atoms with Crippen LogP contribution in [0.25, 0.3) is 11.3 Å². The second-order valence-electron chi connectivity index (χ2n) is 7.70. The summed E-state index contributed by atoms with van der Waals surface area (Å²) in [7, 11) is 0. The zero-order valence-electron chi connectivity index (χ0n) is 17.3. The summed E-state index contributed by atoms with van der Waals surface area (Å²) >= 11 is 0. The molecule has 5 rings (SSSR count). The van der Waals surface area contributed by atoms with Crippen LogP contribution in [0.2, 0.25) is 0 Å². The number of nitrogens with zero attached hydrogens (tertiary/aromatic N) is 3. The van der Waals surface area contributed by atoms with E-state index < -0.39 is 30.2 Å². The predicted molar refractivity (Wildman–Crippen MR) is 109 cm³/mol. The van der Waals surface area contributed by atoms with E-state index in [1.807, 2.05) is 0 Å². The van der Waals surface area contributed by atoms with Gasteiger partial charge in [-0.2, -0.15) is 5.10 Å². The van der Waals surface area contributed by atoms with Gasteiger partial charge < -0.3 is 25.6 Å². The molecule has 2 aliphatic heterocycles. The maximum absolute atomic E-state index is 13.7. The molecule has 0 aliphatic carbocycles. The topological polar surface area (TPSA) is 115 Å². The van der Waals surface area contributed by atoms with Crippen molar-refractivity contribution < 1.29 is 36.9 Å². The minimum absolute atomic E-state index is 0.0215. The normalized spacial score (nSPS) is 17.3. The third-order valence-corrected chi connectivity index (χ3v) is 5.49. The van der Waals surface area contributed by atoms with Crippen molar-refractivity contribution in [3.63, 3.8) is 0 Å². The SMILES string of the molecule is NC(=O)c1c(-c2ccc(F)c(F)c2)nn2c1CN(C(O)Nc1ccc3c(c1)OC(F)(F)O3)CC2. The highest BCUT2D eigenvalue weighted by Crippen LogP contribution is 2.42. The number of halogens is 4. The van der Waals surface area contributed by atoms with Gasteiger partial charge in [-0.3, -0.25) is 14.4 Å². The lowest BCUT2D eigenvalue weighted by atomic mass is 10.0. The van der Waals surface area contributed by atoms with Crippen LogP contribution in [0.5, 0.6) is 11.5 Å². The number of primary amides is 1. The van der Waals surface area contributed by atoms with E-state index in [9.17, 15) is 27.5 Å². The van der Waals surface area contributed by atoms with Crippen molar-refractivity contribution in [1.29, 1.82) is 0 Å². The summed E-state index contributed by atoms with van der Waals surface area (Å²) in [6.07, 6.45) is -5.04. The van der Waals surface area contributed by atoms with E-state index in [2.05, 4.69) is 19.9 Å². The number of carbonyl (C=O) groups is 1. The molecule has 0 spiro atoms. The molecule has 13 heteroatoms. The van der Waals surface area contributed by atoms with Crippen molar-refractivity contribution >= 4 is 11.6 Å². The molecule has 1 amide bonds. The molecule has 34 heavy (non-hydrogen) atoms. The second-order valence-corrected chi connectivity index (χ2v) is 7.70. The number of anilines is 1. The average molecular weight is 479 g/mol. The number of aliphatic hydroxyl groups excluding tert-OH is 1. The predicted octanol–water partition coefficient (Wildman–Crippen LogP) is 2.45. The summed E-state index contributed by atoms with van der Waals surface area (Å²) in [4.78, 5) is 13.8. The Hall–Kier alpha value is -3.84. The van der Waals surface area contributed by atoms with Gasteiger partial charge in [0.1, 0.15) is 5.69 Å². The van der Waals surface area contributed by atoms with Gasteiger partial charge in [0.15, 0.2) is 29.5 Å². The first-order valence-corrected chi connectivity index (χ1v) is 10.0. The van der Waals surface area contributed by atoms with Gasteiger partial charge in [-0.15, -0.1) is 8.78 Å². The Morgan fingerprint density at radius 1 is 1.12 bits per heavy atom. The maximum atomic E-state index is 13.7. The number of carbonyl (C=O) groups excluding carboxylic acids is 1. The first-order valence-electron chi connectivity index (χ1n) is 10.0. The van der Waals surface area contributed by atoms with Crippen molar-refractivity contribution in [1.82, 2.24) is 14.7 Å². The molecule has 0 fully saturated rings. The zero-order chi connectivity index (χ0) is 24.2. The van der Waals surface area contributed by atoms with Crippen LogP contribution >= 0.6 is 0 Å². The number of nitrogens with one attached hydrogen (secondary N) is 1. The second kappa shape index (κ2) is 7.88. The van der Waals surface area contributed by atoms with Crippen molar-refractivity contribution in [2.45, 2.75) is 25.7 Å². The molecule has 178 valence electrons. The number of hydrogen-bond acceptors (Lipinski definition) is 7. The van der Waals surface area contributed by atoms with Crippen molar-refractivity contribution in [2.24, 2.45) is 5.73 Å². The third-order valence-electron chi connectivity index (χ3n) is 5.49. The molecule has 2 aromatic carbocycles. The lowest BCUT2D eigenvalue weighted by Gasteiger charge is -2.32. The number of benzene rings is 2. The van der Waals surface area contributed by atoms with E-state index in [-0.39, 0.29) is 47.1 Å². The van der Waals surface area contributed by atoms with Crippen LogP contribution in [-0.2, 0) is 13.1 Å². The fraction of sp³-hybridized carbons (Fsp3) is 0.238. The minimum atomic E-state index is -3.76. The lowest BCUT2D eigenvalue weighted by molar-refractivity contribution is -0.286. The Labute approximate surface area is 189 Å². The average Bonchev–Trinajstić information content (AvgIpc) is 3.30. The van der Waals surface area contributed by atoms with Gasteiger partial charge in [0.05, 0.1) is 17.8 Å². The van der Waals surface area contributed by atoms with Crippen LogP contribution in [0.4, 0.5) is 23.2 Å². The molecule has 1 atom stereocenters. The van der Waals surface area contributed by atoms with E-state index in [4.69, 9.17) is 5.73 Å². The number of nitrogens with two attached hydrogens (primary N) is 1. The molecule has 0 radical (unpaired) electrons. The van der Waals surface area contributed by atoms with Crippen LogP contribution in [0.3, 0.4) is 0 Å². The molecule has 4 N–H and O–H groups in total. The quantitative estimate of drug-likeness (QED) is 0.381. The Morgan fingerprint density at radius 2 is 1.88 bits per heavy atom. The van der Waals surface area contributed by atoms with E-state index >= 15 is 0 Å². The number of fused-ring (bicyclic) bond motifs is 2. The summed E-state index contributed by atoms with van der Waals surface area (Å²) in [6, 6.07) is 7.09. The molecule has 9 nitrogen and oxygen atoms in total. The minimum Gasteiger partial charge on any atom is -0.395 e. The van der Waals surface area contributed by atoms with Crippen molar-refractivity contribution in [3.05, 3.63) is 59.3 Å². The number of aromatic nitrogens is 2. The summed E-state index contributed by atoms with van der Waals surface area (Å²) in [5, 5.41) is 17.8. The summed E-state index contributed by atoms with van der Waals surface area (Å²) in [5.41, 5.74) is 6.52. The van der Waals surface area contributed by atoms with E-state index in [0.717, 1.165) is 12.1 Å². The number of rotatable bonds is 5. The van der Waals surface area contributed by atoms with E-state index in [1.165, 1.54) is 28.9 Å². The number of aliphatic hydroxyl groups is 1. The number of alkyl halides is 2. The maximum Gasteiger partial charge on any atom is 0.586 e. The number of ether oxygens (including phenoxy) is 2. The fourth-order valence-electron chi connectivity index (χ4n) is 3.93. The van der Waals surface area contributed by atoms with Gasteiger partial charge in [-0.25, -0.2) is 8.78 Å². The Morgan fingerprint density at radius 3 is 2.62 bits per heavy atom. The third kappa shape index (κ3) is 3.88. The highest BCUT2D eigenvalue weighted by atomic mass is 19.3. The zero-order valence-corrected chi connectivity index (χ0v) is 17.3. The first kappa shape index (κ1) is 22.0. The van der Waals surface area contributed by atoms with Gasteiger partial charge in [-0.1, -0.05) is 0 Å². The summed E-state index contributed by atoms with van der Waals surface area (Å²) in [5.74, 6) is -3.28. The Bertz CT molecular complexity index is 1300. The highest BCUT2D eigenvalue weighted by Gasteiger charge is 2.43. The first-order chi connectivity index (χ1) is 16.1. The summed E-state index contributed by atoms with van der Waals surface area (Å²) < 4.78 is 63.8. The van der Waals surface area contributed by atoms with Crippen molar-refractivity contribution in [2.75, 3.05) is 11.9 Å². The molecule has 0 saturated carbocycles. The van der Waals surface area contributed by atoms with Gasteiger partial charge in [-0.05, 0) is 30.3 Å². The molecule has 1 aromatic heterocycles. The largest absolute Gasteiger partial charge is 0.586 e. The molecular weight excluding hydrogens is 462 g/mol. The monoisotopic (exact) mass is 479 g/mol. The van der Waals surface area contributed by atoms with Crippen molar-refractivity contribution in [3.8, 4) is 22.8 Å². The van der Waals surface area contributed by atoms with E-state index in [0.29, 0.717) is 12.2 Å². The van der Waals surface area contributed by atoms with Gasteiger partial charge in [0, 0.05) is 30.4 Å². The lowest BCUT2D eigenvalue weighted by Crippen LogP contribution is -2.45. The highest BCUT2D eigenvalue weighted by molar-refractivity contribution is 6.00. The summed E-state index contributed by atoms with van der Waals surface area (Å²) in [6.45, 7) is 0.581. The van der Waals surface area contributed by atoms with Gasteiger partial charge in [0.25, 0.3) is 5.91 Å². The van der Waals surface area contributed by atoms with Gasteiger partial charge in [0.2, 0.25) is 0 Å². The number of amides is 1. The molecule has 0 bridgehead atoms. The van der Waals surface area contributed by atoms with Crippen LogP contribution in [-0.4, -0.2) is 44.9 Å². The molecule has 3 heterocycles. The fourth-order valence-corrected chi connectivity index (χ4v) is 3.93. The Balaban J connectivity index is 1.38. The standard InChI is InChI=1S/C21H17F4N5O4/c22-12-3-1-10(7-13(12)23)18-17(19(26)31)14-9-29(5-6-30(14)28-18)20(32)27-11-2-4-15-16(8-11)34-21(24,25)33-15/h1-4,7-8,20,27,32H,5-6,9H2,(H2,26,31). The van der Waals surface area contributed by atoms with Gasteiger partial charge >= 0.3 is 6.29 Å². The molecule has 1 unspecified atom stereocenters. The van der Waals surface area contributed by atoms with Crippen LogP contribution in [0, 0.1) is 11.6 Å². The molecule has 3 aromatic rings. The van der Waals surface area contributed by atoms with E-state index in [1.54, 1.807) is 4.90 Å². The van der Waals surface area contributed by atoms with Crippen LogP contribution in [0.1, 0.15) is 16.1 Å². The molecular formula is C21H17F4N5O4. The van der Waals surface area contributed by atoms with Crippen LogP contribution in [0.15, 0.2) is 36.4 Å². The Kier molecular flexibility index (Phi) is 5.10. The molecule has 0 saturated heterocycles.